The van der Waals surface area contributed by atoms with Crippen LogP contribution in [0.3, 0.4) is 0 Å². The molecule has 0 spiro atoms. The minimum absolute atomic E-state index is 0.0306. The Morgan fingerprint density at radius 1 is 1.38 bits per heavy atom. The van der Waals surface area contributed by atoms with E-state index in [-0.39, 0.29) is 5.56 Å². The molecule has 0 bridgehead atoms. The van der Waals surface area contributed by atoms with E-state index in [0.717, 1.165) is 11.0 Å². The molecule has 0 saturated heterocycles. The molecule has 0 N–H and O–H groups in total. The molecule has 66 valence electrons. The minimum atomic E-state index is 0.0306. The van der Waals surface area contributed by atoms with Crippen molar-refractivity contribution in [3.05, 3.63) is 40.8 Å². The zero-order valence-corrected chi connectivity index (χ0v) is 7.40. The highest BCUT2D eigenvalue weighted by atomic mass is 16.1. The van der Waals surface area contributed by atoms with Gasteiger partial charge in [0.15, 0.2) is 0 Å². The number of nitrogens with zero attached hydrogens (tertiary/aromatic N) is 2. The molecule has 0 aromatic carbocycles. The predicted molar refractivity (Wildman–Crippen MR) is 51.7 cm³/mol. The second-order valence-electron chi connectivity index (χ2n) is 2.82. The van der Waals surface area contributed by atoms with Crippen LogP contribution in [0.25, 0.3) is 11.0 Å². The summed E-state index contributed by atoms with van der Waals surface area (Å²) < 4.78 is 1.71. The summed E-state index contributed by atoms with van der Waals surface area (Å²) in [6.07, 6.45) is 1.73. The van der Waals surface area contributed by atoms with Crippen LogP contribution < -0.4 is 5.56 Å². The highest BCUT2D eigenvalue weighted by molar-refractivity contribution is 5.73. The fourth-order valence-corrected chi connectivity index (χ4v) is 1.45. The standard InChI is InChI=1S/C10H10N2O/c1-2-12-9-4-3-7-11-8(9)5-6-10(12)13/h3-7H,2H2,1H3. The van der Waals surface area contributed by atoms with Gasteiger partial charge in [-0.1, -0.05) is 0 Å². The molecule has 2 aromatic heterocycles. The average molecular weight is 174 g/mol. The molecule has 0 atom stereocenters. The predicted octanol–water partition coefficient (Wildman–Crippen LogP) is 1.42. The highest BCUT2D eigenvalue weighted by Crippen LogP contribution is 2.06. The van der Waals surface area contributed by atoms with Gasteiger partial charge in [0, 0.05) is 18.8 Å². The quantitative estimate of drug-likeness (QED) is 0.655. The molecule has 0 radical (unpaired) electrons. The van der Waals surface area contributed by atoms with Crippen LogP contribution in [0.15, 0.2) is 35.3 Å². The van der Waals surface area contributed by atoms with E-state index in [9.17, 15) is 4.79 Å². The second-order valence-corrected chi connectivity index (χ2v) is 2.82. The Labute approximate surface area is 75.7 Å². The van der Waals surface area contributed by atoms with Gasteiger partial charge < -0.3 is 4.57 Å². The lowest BCUT2D eigenvalue weighted by molar-refractivity contribution is 0.758. The van der Waals surface area contributed by atoms with E-state index in [1.807, 2.05) is 19.1 Å². The van der Waals surface area contributed by atoms with Crippen molar-refractivity contribution in [1.82, 2.24) is 9.55 Å². The molecule has 13 heavy (non-hydrogen) atoms. The fourth-order valence-electron chi connectivity index (χ4n) is 1.45. The molecule has 2 heterocycles. The monoisotopic (exact) mass is 174 g/mol. The normalized spacial score (nSPS) is 10.5. The third kappa shape index (κ3) is 1.22. The van der Waals surface area contributed by atoms with Crippen molar-refractivity contribution in [1.29, 1.82) is 0 Å². The van der Waals surface area contributed by atoms with Gasteiger partial charge >= 0.3 is 0 Å². The smallest absolute Gasteiger partial charge is 0.251 e. The van der Waals surface area contributed by atoms with Crippen LogP contribution in [0.1, 0.15) is 6.92 Å². The average Bonchev–Trinajstić information content (AvgIpc) is 2.18. The summed E-state index contributed by atoms with van der Waals surface area (Å²) in [6, 6.07) is 7.06. The Morgan fingerprint density at radius 2 is 2.23 bits per heavy atom. The summed E-state index contributed by atoms with van der Waals surface area (Å²) in [4.78, 5) is 15.6. The van der Waals surface area contributed by atoms with Crippen LogP contribution in [-0.4, -0.2) is 9.55 Å². The van der Waals surface area contributed by atoms with E-state index >= 15 is 0 Å². The molecular weight excluding hydrogens is 164 g/mol. The Kier molecular flexibility index (Phi) is 1.85. The summed E-state index contributed by atoms with van der Waals surface area (Å²) in [7, 11) is 0. The SMILES string of the molecule is CCn1c(=O)ccc2ncccc21. The van der Waals surface area contributed by atoms with Crippen molar-refractivity contribution in [2.75, 3.05) is 0 Å². The molecule has 0 aliphatic carbocycles. The Bertz CT molecular complexity index is 487. The van der Waals surface area contributed by atoms with Gasteiger partial charge in [0.05, 0.1) is 11.0 Å². The summed E-state index contributed by atoms with van der Waals surface area (Å²) in [5.74, 6) is 0. The molecule has 0 aliphatic heterocycles. The number of pyridine rings is 2. The molecule has 2 rings (SSSR count). The summed E-state index contributed by atoms with van der Waals surface area (Å²) in [5.41, 5.74) is 1.80. The number of aromatic nitrogens is 2. The second kappa shape index (κ2) is 3.01. The number of fused-ring (bicyclic) bond motifs is 1. The zero-order valence-electron chi connectivity index (χ0n) is 7.40. The van der Waals surface area contributed by atoms with Crippen LogP contribution in [0.2, 0.25) is 0 Å². The van der Waals surface area contributed by atoms with Gasteiger partial charge in [-0.3, -0.25) is 9.78 Å². The lowest BCUT2D eigenvalue weighted by Crippen LogP contribution is -2.18. The lowest BCUT2D eigenvalue weighted by atomic mass is 10.3. The zero-order chi connectivity index (χ0) is 9.26. The molecule has 0 saturated carbocycles. The maximum atomic E-state index is 11.4. The van der Waals surface area contributed by atoms with Crippen LogP contribution in [0, 0.1) is 0 Å². The van der Waals surface area contributed by atoms with Crippen LogP contribution in [0.4, 0.5) is 0 Å². The van der Waals surface area contributed by atoms with Crippen molar-refractivity contribution in [3.8, 4) is 0 Å². The summed E-state index contributed by atoms with van der Waals surface area (Å²) >= 11 is 0. The third-order valence-electron chi connectivity index (χ3n) is 2.07. The number of aryl methyl sites for hydroxylation is 1. The fraction of sp³-hybridized carbons (Fsp3) is 0.200. The Morgan fingerprint density at radius 3 is 3.00 bits per heavy atom. The summed E-state index contributed by atoms with van der Waals surface area (Å²) in [5, 5.41) is 0. The largest absolute Gasteiger partial charge is 0.307 e. The highest BCUT2D eigenvalue weighted by Gasteiger charge is 1.99. The maximum absolute atomic E-state index is 11.4. The molecule has 3 nitrogen and oxygen atoms in total. The van der Waals surface area contributed by atoms with E-state index in [0.29, 0.717) is 6.54 Å². The Balaban J connectivity index is 2.92. The van der Waals surface area contributed by atoms with Crippen LogP contribution in [-0.2, 0) is 6.54 Å². The number of rotatable bonds is 1. The topological polar surface area (TPSA) is 34.9 Å². The van der Waals surface area contributed by atoms with E-state index in [1.54, 1.807) is 22.9 Å². The molecule has 0 aliphatic rings. The molecule has 0 unspecified atom stereocenters. The van der Waals surface area contributed by atoms with Crippen molar-refractivity contribution in [3.63, 3.8) is 0 Å². The molecule has 2 aromatic rings. The Hall–Kier alpha value is -1.64. The van der Waals surface area contributed by atoms with Gasteiger partial charge in [-0.15, -0.1) is 0 Å². The van der Waals surface area contributed by atoms with Gasteiger partial charge in [-0.05, 0) is 25.1 Å². The molecular formula is C10H10N2O. The van der Waals surface area contributed by atoms with Gasteiger partial charge in [0.25, 0.3) is 5.56 Å². The van der Waals surface area contributed by atoms with Gasteiger partial charge in [0.1, 0.15) is 0 Å². The molecule has 3 heteroatoms. The van der Waals surface area contributed by atoms with Gasteiger partial charge in [0.2, 0.25) is 0 Å². The van der Waals surface area contributed by atoms with Gasteiger partial charge in [-0.25, -0.2) is 0 Å². The first-order valence-corrected chi connectivity index (χ1v) is 4.27. The van der Waals surface area contributed by atoms with E-state index < -0.39 is 0 Å². The first-order valence-electron chi connectivity index (χ1n) is 4.27. The minimum Gasteiger partial charge on any atom is -0.307 e. The number of hydrogen-bond donors (Lipinski definition) is 0. The van der Waals surface area contributed by atoms with Crippen molar-refractivity contribution < 1.29 is 0 Å². The van der Waals surface area contributed by atoms with Crippen molar-refractivity contribution in [2.24, 2.45) is 0 Å². The molecule has 0 fully saturated rings. The van der Waals surface area contributed by atoms with Crippen molar-refractivity contribution >= 4 is 11.0 Å². The van der Waals surface area contributed by atoms with E-state index in [1.165, 1.54) is 0 Å². The first-order chi connectivity index (χ1) is 6.33. The van der Waals surface area contributed by atoms with E-state index in [4.69, 9.17) is 0 Å². The summed E-state index contributed by atoms with van der Waals surface area (Å²) in [6.45, 7) is 2.63. The van der Waals surface area contributed by atoms with E-state index in [2.05, 4.69) is 4.98 Å². The van der Waals surface area contributed by atoms with Crippen LogP contribution >= 0.6 is 0 Å². The van der Waals surface area contributed by atoms with Crippen LogP contribution in [0.5, 0.6) is 0 Å². The third-order valence-corrected chi connectivity index (χ3v) is 2.07. The maximum Gasteiger partial charge on any atom is 0.251 e. The van der Waals surface area contributed by atoms with Crippen molar-refractivity contribution in [2.45, 2.75) is 13.5 Å². The first kappa shape index (κ1) is 7.98. The number of hydrogen-bond acceptors (Lipinski definition) is 2. The lowest BCUT2D eigenvalue weighted by Gasteiger charge is -2.05. The van der Waals surface area contributed by atoms with Gasteiger partial charge in [-0.2, -0.15) is 0 Å². The molecule has 0 amide bonds.